The molecule has 10 heteroatoms. The molecule has 1 saturated heterocycles. The zero-order valence-electron chi connectivity index (χ0n) is 22.5. The summed E-state index contributed by atoms with van der Waals surface area (Å²) in [7, 11) is 1.29. The third-order valence-corrected chi connectivity index (χ3v) is 8.14. The number of Topliss-reactive ketones (excluding diaryl/α,β-unsaturated/α-hetero) is 1. The average molecular weight is 571 g/mol. The second-order valence-electron chi connectivity index (χ2n) is 9.80. The smallest absolute Gasteiger partial charge is 0.337 e. The van der Waals surface area contributed by atoms with Crippen LogP contribution in [-0.4, -0.2) is 47.6 Å². The van der Waals surface area contributed by atoms with Gasteiger partial charge in [-0.25, -0.2) is 9.78 Å². The number of amides is 1. The Morgan fingerprint density at radius 2 is 1.85 bits per heavy atom. The normalized spacial score (nSPS) is 19.3. The lowest BCUT2D eigenvalue weighted by Crippen LogP contribution is -2.29. The number of thiazole rings is 1. The van der Waals surface area contributed by atoms with Crippen LogP contribution < -0.4 is 14.4 Å². The van der Waals surface area contributed by atoms with Gasteiger partial charge in [-0.1, -0.05) is 23.5 Å². The largest absolute Gasteiger partial charge is 0.507 e. The Hall–Kier alpha value is -4.70. The van der Waals surface area contributed by atoms with Crippen LogP contribution in [0.2, 0.25) is 0 Å². The summed E-state index contributed by atoms with van der Waals surface area (Å²) < 4.78 is 17.0. The van der Waals surface area contributed by atoms with Crippen molar-refractivity contribution in [2.45, 2.75) is 32.4 Å². The number of aliphatic hydroxyl groups excluding tert-OH is 1. The number of esters is 1. The van der Waals surface area contributed by atoms with Gasteiger partial charge < -0.3 is 19.3 Å². The molecule has 2 aliphatic rings. The lowest BCUT2D eigenvalue weighted by molar-refractivity contribution is -0.132. The van der Waals surface area contributed by atoms with E-state index in [0.717, 1.165) is 16.0 Å². The Morgan fingerprint density at radius 3 is 2.59 bits per heavy atom. The highest BCUT2D eigenvalue weighted by Gasteiger charge is 2.48. The summed E-state index contributed by atoms with van der Waals surface area (Å²) >= 11 is 1.24. The van der Waals surface area contributed by atoms with Gasteiger partial charge in [0.05, 0.1) is 41.1 Å². The maximum Gasteiger partial charge on any atom is 0.337 e. The zero-order valence-corrected chi connectivity index (χ0v) is 23.4. The minimum absolute atomic E-state index is 0.00331. The molecule has 2 aliphatic heterocycles. The van der Waals surface area contributed by atoms with Crippen LogP contribution >= 0.6 is 11.3 Å². The van der Waals surface area contributed by atoms with E-state index in [4.69, 9.17) is 14.2 Å². The quantitative estimate of drug-likeness (QED) is 0.141. The van der Waals surface area contributed by atoms with Crippen molar-refractivity contribution in [1.29, 1.82) is 0 Å². The van der Waals surface area contributed by atoms with Crippen LogP contribution in [0.3, 0.4) is 0 Å². The van der Waals surface area contributed by atoms with Crippen molar-refractivity contribution in [2.24, 2.45) is 0 Å². The maximum atomic E-state index is 13.6. The van der Waals surface area contributed by atoms with Gasteiger partial charge >= 0.3 is 11.9 Å². The summed E-state index contributed by atoms with van der Waals surface area (Å²) in [5, 5.41) is 11.8. The molecule has 1 fully saturated rings. The van der Waals surface area contributed by atoms with Gasteiger partial charge in [-0.15, -0.1) is 0 Å². The lowest BCUT2D eigenvalue weighted by atomic mass is 9.94. The van der Waals surface area contributed by atoms with Gasteiger partial charge in [-0.2, -0.15) is 0 Å². The van der Waals surface area contributed by atoms with Gasteiger partial charge in [0.1, 0.15) is 23.4 Å². The molecule has 2 atom stereocenters. The molecule has 208 valence electrons. The number of hydrogen-bond acceptors (Lipinski definition) is 9. The highest BCUT2D eigenvalue weighted by Crippen LogP contribution is 2.45. The fraction of sp³-hybridized carbons (Fsp3) is 0.226. The molecule has 1 aromatic heterocycles. The lowest BCUT2D eigenvalue weighted by Gasteiger charge is -2.23. The molecule has 6 rings (SSSR count). The average Bonchev–Trinajstić information content (AvgIpc) is 3.64. The highest BCUT2D eigenvalue weighted by molar-refractivity contribution is 7.22. The SMILES string of the molecule is CCOc1ccc2nc(N3C(=O)C(=O)/C(=C(/O)c4ccc5c(c4)C[C@H](C)O5)[C@@H]3c3ccc(C(=O)OC)cc3)sc2c1. The number of ketones is 1. The van der Waals surface area contributed by atoms with E-state index in [0.29, 0.717) is 46.1 Å². The van der Waals surface area contributed by atoms with E-state index < -0.39 is 23.7 Å². The number of methoxy groups -OCH3 is 1. The predicted molar refractivity (Wildman–Crippen MR) is 154 cm³/mol. The minimum atomic E-state index is -0.989. The fourth-order valence-electron chi connectivity index (χ4n) is 5.24. The summed E-state index contributed by atoms with van der Waals surface area (Å²) in [6, 6.07) is 16.1. The Morgan fingerprint density at radius 1 is 1.10 bits per heavy atom. The number of rotatable bonds is 6. The molecule has 0 bridgehead atoms. The van der Waals surface area contributed by atoms with Gasteiger partial charge in [0.15, 0.2) is 5.13 Å². The van der Waals surface area contributed by atoms with Gasteiger partial charge in [0.25, 0.3) is 5.78 Å². The van der Waals surface area contributed by atoms with Crippen LogP contribution in [0, 0.1) is 0 Å². The molecule has 0 radical (unpaired) electrons. The van der Waals surface area contributed by atoms with Crippen LogP contribution in [-0.2, 0) is 20.7 Å². The highest BCUT2D eigenvalue weighted by atomic mass is 32.1. The van der Waals surface area contributed by atoms with Crippen LogP contribution in [0.5, 0.6) is 11.5 Å². The van der Waals surface area contributed by atoms with Crippen LogP contribution in [0.1, 0.15) is 46.9 Å². The van der Waals surface area contributed by atoms with E-state index in [1.807, 2.05) is 19.9 Å². The van der Waals surface area contributed by atoms with Gasteiger partial charge in [0, 0.05) is 12.0 Å². The van der Waals surface area contributed by atoms with E-state index in [2.05, 4.69) is 4.98 Å². The number of aliphatic hydroxyl groups is 1. The second kappa shape index (κ2) is 10.4. The molecule has 3 heterocycles. The Labute approximate surface area is 239 Å². The molecule has 1 N–H and O–H groups in total. The summed E-state index contributed by atoms with van der Waals surface area (Å²) in [5.41, 5.74) is 2.72. The van der Waals surface area contributed by atoms with Gasteiger partial charge in [-0.05, 0) is 73.5 Å². The standard InChI is InChI=1S/C31H26N2O7S/c1-4-39-21-10-11-22-24(15-21)41-31(32-22)33-26(17-5-7-18(8-6-17)30(37)38-3)25(28(35)29(33)36)27(34)19-9-12-23-20(14-19)13-16(2)40-23/h5-12,14-16,26,34H,4,13H2,1-3H3/b27-25+/t16-,26-/m0/s1. The van der Waals surface area contributed by atoms with E-state index >= 15 is 0 Å². The number of fused-ring (bicyclic) bond motifs is 2. The third-order valence-electron chi connectivity index (χ3n) is 7.13. The number of hydrogen-bond donors (Lipinski definition) is 1. The Bertz CT molecular complexity index is 1740. The number of nitrogens with zero attached hydrogens (tertiary/aromatic N) is 2. The predicted octanol–water partition coefficient (Wildman–Crippen LogP) is 5.43. The minimum Gasteiger partial charge on any atom is -0.507 e. The molecule has 0 aliphatic carbocycles. The Kier molecular flexibility index (Phi) is 6.70. The van der Waals surface area contributed by atoms with E-state index in [1.54, 1.807) is 54.6 Å². The van der Waals surface area contributed by atoms with Crippen LogP contribution in [0.15, 0.2) is 66.2 Å². The molecule has 0 unspecified atom stereocenters. The number of carbonyl (C=O) groups excluding carboxylic acids is 3. The monoisotopic (exact) mass is 570 g/mol. The number of anilines is 1. The van der Waals surface area contributed by atoms with Crippen molar-refractivity contribution in [3.8, 4) is 11.5 Å². The molecule has 41 heavy (non-hydrogen) atoms. The van der Waals surface area contributed by atoms with E-state index in [1.165, 1.54) is 23.3 Å². The first-order valence-electron chi connectivity index (χ1n) is 13.1. The number of carbonyl (C=O) groups is 3. The van der Waals surface area contributed by atoms with Crippen LogP contribution in [0.25, 0.3) is 16.0 Å². The maximum absolute atomic E-state index is 13.6. The first-order chi connectivity index (χ1) is 19.8. The molecule has 9 nitrogen and oxygen atoms in total. The van der Waals surface area contributed by atoms with Gasteiger partial charge in [-0.3, -0.25) is 14.5 Å². The van der Waals surface area contributed by atoms with Gasteiger partial charge in [0.2, 0.25) is 0 Å². The molecule has 3 aromatic carbocycles. The van der Waals surface area contributed by atoms with Crippen molar-refractivity contribution in [2.75, 3.05) is 18.6 Å². The van der Waals surface area contributed by atoms with Crippen molar-refractivity contribution in [3.63, 3.8) is 0 Å². The summed E-state index contributed by atoms with van der Waals surface area (Å²) in [4.78, 5) is 45.2. The van der Waals surface area contributed by atoms with E-state index in [-0.39, 0.29) is 17.4 Å². The van der Waals surface area contributed by atoms with E-state index in [9.17, 15) is 19.5 Å². The summed E-state index contributed by atoms with van der Waals surface area (Å²) in [6.07, 6.45) is 0.669. The fourth-order valence-corrected chi connectivity index (χ4v) is 6.26. The van der Waals surface area contributed by atoms with Crippen molar-refractivity contribution in [1.82, 2.24) is 4.98 Å². The first-order valence-corrected chi connectivity index (χ1v) is 13.9. The second-order valence-corrected chi connectivity index (χ2v) is 10.8. The number of benzene rings is 3. The molecule has 1 amide bonds. The summed E-state index contributed by atoms with van der Waals surface area (Å²) in [6.45, 7) is 4.35. The Balaban J connectivity index is 1.50. The van der Waals surface area contributed by atoms with Crippen molar-refractivity contribution < 1.29 is 33.7 Å². The molecule has 4 aromatic rings. The zero-order chi connectivity index (χ0) is 28.8. The molecular weight excluding hydrogens is 544 g/mol. The summed E-state index contributed by atoms with van der Waals surface area (Å²) in [5.74, 6) is -1.06. The number of ether oxygens (including phenoxy) is 3. The number of aromatic nitrogens is 1. The topological polar surface area (TPSA) is 115 Å². The first kappa shape index (κ1) is 26.5. The molecule has 0 saturated carbocycles. The van der Waals surface area contributed by atoms with Crippen molar-refractivity contribution in [3.05, 3.63) is 88.5 Å². The van der Waals surface area contributed by atoms with Crippen molar-refractivity contribution >= 4 is 50.1 Å². The van der Waals surface area contributed by atoms with Crippen LogP contribution in [0.4, 0.5) is 5.13 Å². The molecular formula is C31H26N2O7S. The molecule has 0 spiro atoms. The third kappa shape index (κ3) is 4.59.